The summed E-state index contributed by atoms with van der Waals surface area (Å²) in [6.07, 6.45) is -0.128. The summed E-state index contributed by atoms with van der Waals surface area (Å²) in [5, 5.41) is 8.27. The summed E-state index contributed by atoms with van der Waals surface area (Å²) in [4.78, 5) is 10.1. The Balaban J connectivity index is 3.85. The molecule has 1 N–H and O–H groups in total. The van der Waals surface area contributed by atoms with Gasteiger partial charge in [-0.3, -0.25) is 4.79 Å². The fraction of sp³-hybridized carbons (Fsp3) is 0.800. The molecular formula is C5H7Cl3O2. The van der Waals surface area contributed by atoms with Crippen LogP contribution in [-0.4, -0.2) is 14.9 Å². The van der Waals surface area contributed by atoms with Crippen molar-refractivity contribution in [3.8, 4) is 0 Å². The third-order valence-electron chi connectivity index (χ3n) is 1.04. The molecule has 0 aromatic carbocycles. The molecule has 0 radical (unpaired) electrons. The highest BCUT2D eigenvalue weighted by atomic mass is 35.6. The normalized spacial score (nSPS) is 14.8. The van der Waals surface area contributed by atoms with Gasteiger partial charge in [-0.05, 0) is 0 Å². The summed E-state index contributed by atoms with van der Waals surface area (Å²) >= 11 is 16.2. The number of carboxylic acid groups (broad SMARTS) is 1. The first kappa shape index (κ1) is 10.3. The number of alkyl halides is 3. The molecule has 0 unspecified atom stereocenters. The van der Waals surface area contributed by atoms with Gasteiger partial charge in [-0.15, -0.1) is 0 Å². The van der Waals surface area contributed by atoms with Crippen LogP contribution in [0.4, 0.5) is 0 Å². The Morgan fingerprint density at radius 2 is 2.00 bits per heavy atom. The topological polar surface area (TPSA) is 37.3 Å². The van der Waals surface area contributed by atoms with Gasteiger partial charge in [0, 0.05) is 5.92 Å². The SMILES string of the molecule is C[C@@H](CC(=O)O)C(Cl)(Cl)Cl. The maximum atomic E-state index is 10.1. The second-order valence-corrected chi connectivity index (χ2v) is 4.41. The van der Waals surface area contributed by atoms with Crippen molar-refractivity contribution in [2.75, 3.05) is 0 Å². The molecule has 0 bridgehead atoms. The highest BCUT2D eigenvalue weighted by Gasteiger charge is 2.29. The van der Waals surface area contributed by atoms with Crippen molar-refractivity contribution in [2.45, 2.75) is 17.1 Å². The molecule has 10 heavy (non-hydrogen) atoms. The lowest BCUT2D eigenvalue weighted by atomic mass is 10.1. The molecule has 0 aromatic heterocycles. The van der Waals surface area contributed by atoms with Crippen LogP contribution in [0.2, 0.25) is 0 Å². The number of hydrogen-bond acceptors (Lipinski definition) is 1. The van der Waals surface area contributed by atoms with Gasteiger partial charge in [-0.25, -0.2) is 0 Å². The van der Waals surface area contributed by atoms with Crippen LogP contribution in [0.15, 0.2) is 0 Å². The van der Waals surface area contributed by atoms with Gasteiger partial charge in [0.05, 0.1) is 6.42 Å². The van der Waals surface area contributed by atoms with Gasteiger partial charge in [-0.1, -0.05) is 41.7 Å². The lowest BCUT2D eigenvalue weighted by molar-refractivity contribution is -0.137. The molecule has 2 nitrogen and oxygen atoms in total. The second kappa shape index (κ2) is 3.65. The lowest BCUT2D eigenvalue weighted by Gasteiger charge is -2.17. The van der Waals surface area contributed by atoms with E-state index in [0.29, 0.717) is 0 Å². The zero-order valence-electron chi connectivity index (χ0n) is 5.27. The van der Waals surface area contributed by atoms with Crippen molar-refractivity contribution in [2.24, 2.45) is 5.92 Å². The minimum Gasteiger partial charge on any atom is -0.481 e. The monoisotopic (exact) mass is 204 g/mol. The summed E-state index contributed by atoms with van der Waals surface area (Å²) in [6, 6.07) is 0. The minimum absolute atomic E-state index is 0.128. The molecule has 0 aliphatic rings. The van der Waals surface area contributed by atoms with Crippen molar-refractivity contribution >= 4 is 40.8 Å². The first-order valence-electron chi connectivity index (χ1n) is 2.62. The Labute approximate surface area is 74.1 Å². The average Bonchev–Trinajstić information content (AvgIpc) is 1.60. The minimum atomic E-state index is -1.47. The zero-order chi connectivity index (χ0) is 8.36. The molecule has 0 saturated carbocycles. The van der Waals surface area contributed by atoms with E-state index in [1.165, 1.54) is 0 Å². The number of aliphatic carboxylic acids is 1. The molecule has 0 aliphatic heterocycles. The molecule has 0 fully saturated rings. The number of hydrogen-bond donors (Lipinski definition) is 1. The third-order valence-corrected chi connectivity index (χ3v) is 2.16. The van der Waals surface area contributed by atoms with Crippen LogP contribution in [0.5, 0.6) is 0 Å². The lowest BCUT2D eigenvalue weighted by Crippen LogP contribution is -2.18. The number of halogens is 3. The van der Waals surface area contributed by atoms with E-state index in [9.17, 15) is 4.79 Å². The summed E-state index contributed by atoms with van der Waals surface area (Å²) in [7, 11) is 0. The molecule has 0 aliphatic carbocycles. The Bertz CT molecular complexity index is 129. The number of carboxylic acids is 1. The second-order valence-electron chi connectivity index (χ2n) is 2.04. The summed E-state index contributed by atoms with van der Waals surface area (Å²) in [5.74, 6) is -1.42. The van der Waals surface area contributed by atoms with Crippen molar-refractivity contribution in [3.05, 3.63) is 0 Å². The predicted molar refractivity (Wildman–Crippen MR) is 41.7 cm³/mol. The summed E-state index contributed by atoms with van der Waals surface area (Å²) in [6.45, 7) is 1.57. The Hall–Kier alpha value is 0.340. The van der Waals surface area contributed by atoms with Crippen molar-refractivity contribution in [3.63, 3.8) is 0 Å². The maximum absolute atomic E-state index is 10.1. The molecule has 1 atom stereocenters. The zero-order valence-corrected chi connectivity index (χ0v) is 7.54. The Kier molecular flexibility index (Phi) is 3.77. The van der Waals surface area contributed by atoms with Crippen molar-refractivity contribution in [1.82, 2.24) is 0 Å². The standard InChI is InChI=1S/C5H7Cl3O2/c1-3(2-4(9)10)5(6,7)8/h3H,2H2,1H3,(H,9,10)/t3-/m0/s1. The van der Waals surface area contributed by atoms with Crippen LogP contribution in [0, 0.1) is 5.92 Å². The third kappa shape index (κ3) is 4.20. The van der Waals surface area contributed by atoms with E-state index in [4.69, 9.17) is 39.9 Å². The number of carbonyl (C=O) groups is 1. The van der Waals surface area contributed by atoms with Crippen LogP contribution in [0.1, 0.15) is 13.3 Å². The van der Waals surface area contributed by atoms with Gasteiger partial charge in [0.15, 0.2) is 3.79 Å². The van der Waals surface area contributed by atoms with Gasteiger partial charge in [-0.2, -0.15) is 0 Å². The molecular weight excluding hydrogens is 198 g/mol. The average molecular weight is 205 g/mol. The van der Waals surface area contributed by atoms with Gasteiger partial charge in [0.2, 0.25) is 0 Å². The van der Waals surface area contributed by atoms with Crippen molar-refractivity contribution < 1.29 is 9.90 Å². The quantitative estimate of drug-likeness (QED) is 0.703. The van der Waals surface area contributed by atoms with E-state index >= 15 is 0 Å². The van der Waals surface area contributed by atoms with E-state index in [1.54, 1.807) is 6.92 Å². The molecule has 0 saturated heterocycles. The van der Waals surface area contributed by atoms with E-state index in [1.807, 2.05) is 0 Å². The van der Waals surface area contributed by atoms with Gasteiger partial charge < -0.3 is 5.11 Å². The van der Waals surface area contributed by atoms with E-state index in [0.717, 1.165) is 0 Å². The van der Waals surface area contributed by atoms with Crippen LogP contribution in [-0.2, 0) is 4.79 Å². The van der Waals surface area contributed by atoms with E-state index in [-0.39, 0.29) is 6.42 Å². The van der Waals surface area contributed by atoms with Gasteiger partial charge in [0.25, 0.3) is 0 Å². The summed E-state index contributed by atoms with van der Waals surface area (Å²) < 4.78 is -1.47. The Morgan fingerprint density at radius 3 is 2.10 bits per heavy atom. The predicted octanol–water partition coefficient (Wildman–Crippen LogP) is 2.47. The fourth-order valence-electron chi connectivity index (χ4n) is 0.378. The first-order chi connectivity index (χ1) is 4.34. The van der Waals surface area contributed by atoms with E-state index in [2.05, 4.69) is 0 Å². The molecule has 0 amide bonds. The molecule has 5 heteroatoms. The van der Waals surface area contributed by atoms with Gasteiger partial charge >= 0.3 is 5.97 Å². The van der Waals surface area contributed by atoms with Crippen LogP contribution >= 0.6 is 34.8 Å². The smallest absolute Gasteiger partial charge is 0.303 e. The molecule has 60 valence electrons. The number of rotatable bonds is 2. The fourth-order valence-corrected chi connectivity index (χ4v) is 0.609. The maximum Gasteiger partial charge on any atom is 0.303 e. The summed E-state index contributed by atoms with van der Waals surface area (Å²) in [5.41, 5.74) is 0. The van der Waals surface area contributed by atoms with Crippen LogP contribution in [0.3, 0.4) is 0 Å². The molecule has 0 heterocycles. The van der Waals surface area contributed by atoms with Gasteiger partial charge in [0.1, 0.15) is 0 Å². The highest BCUT2D eigenvalue weighted by molar-refractivity contribution is 6.67. The van der Waals surface area contributed by atoms with Crippen LogP contribution in [0.25, 0.3) is 0 Å². The van der Waals surface area contributed by atoms with Crippen molar-refractivity contribution in [1.29, 1.82) is 0 Å². The largest absolute Gasteiger partial charge is 0.481 e. The molecule has 0 aromatic rings. The highest BCUT2D eigenvalue weighted by Crippen LogP contribution is 2.36. The first-order valence-corrected chi connectivity index (χ1v) is 3.76. The molecule has 0 spiro atoms. The van der Waals surface area contributed by atoms with E-state index < -0.39 is 15.7 Å². The Morgan fingerprint density at radius 1 is 1.60 bits per heavy atom. The molecule has 0 rings (SSSR count). The van der Waals surface area contributed by atoms with Crippen LogP contribution < -0.4 is 0 Å².